The summed E-state index contributed by atoms with van der Waals surface area (Å²) in [6.07, 6.45) is 2.32. The van der Waals surface area contributed by atoms with E-state index in [9.17, 15) is 0 Å². The SMILES string of the molecule is COc1ccc(-c2noc(CSc3nnc(-c4cccs4)n3C3CC3)n2)c(OC)c1. The molecule has 3 aromatic heterocycles. The van der Waals surface area contributed by atoms with Crippen molar-refractivity contribution in [3.8, 4) is 33.6 Å². The Hall–Kier alpha value is -2.85. The topological polar surface area (TPSA) is 88.1 Å². The number of aromatic nitrogens is 5. The Bertz CT molecular complexity index is 1150. The van der Waals surface area contributed by atoms with Gasteiger partial charge in [-0.25, -0.2) is 0 Å². The maximum Gasteiger partial charge on any atom is 0.237 e. The van der Waals surface area contributed by atoms with E-state index in [0.717, 1.165) is 34.3 Å². The number of nitrogens with zero attached hydrogens (tertiary/aromatic N) is 5. The number of hydrogen-bond acceptors (Lipinski definition) is 9. The molecular formula is C20H19N5O3S2. The summed E-state index contributed by atoms with van der Waals surface area (Å²) in [6.45, 7) is 0. The lowest BCUT2D eigenvalue weighted by molar-refractivity contribution is 0.388. The first-order valence-electron chi connectivity index (χ1n) is 9.43. The van der Waals surface area contributed by atoms with E-state index in [2.05, 4.69) is 36.4 Å². The Morgan fingerprint density at radius 2 is 2.10 bits per heavy atom. The van der Waals surface area contributed by atoms with Crippen LogP contribution in [0.2, 0.25) is 0 Å². The monoisotopic (exact) mass is 441 g/mol. The molecule has 1 fully saturated rings. The van der Waals surface area contributed by atoms with Gasteiger partial charge in [-0.15, -0.1) is 21.5 Å². The van der Waals surface area contributed by atoms with Crippen molar-refractivity contribution in [3.63, 3.8) is 0 Å². The van der Waals surface area contributed by atoms with Crippen molar-refractivity contribution < 1.29 is 14.0 Å². The summed E-state index contributed by atoms with van der Waals surface area (Å²) >= 11 is 3.23. The van der Waals surface area contributed by atoms with E-state index in [1.165, 1.54) is 0 Å². The maximum absolute atomic E-state index is 5.47. The predicted molar refractivity (Wildman–Crippen MR) is 114 cm³/mol. The lowest BCUT2D eigenvalue weighted by Crippen LogP contribution is -1.99. The van der Waals surface area contributed by atoms with E-state index in [-0.39, 0.29) is 0 Å². The van der Waals surface area contributed by atoms with Crippen LogP contribution in [0.5, 0.6) is 11.5 Å². The second-order valence-electron chi connectivity index (χ2n) is 6.75. The Balaban J connectivity index is 1.35. The second kappa shape index (κ2) is 8.11. The largest absolute Gasteiger partial charge is 0.497 e. The highest BCUT2D eigenvalue weighted by atomic mass is 32.2. The zero-order valence-electron chi connectivity index (χ0n) is 16.4. The molecule has 0 amide bonds. The zero-order chi connectivity index (χ0) is 20.5. The molecule has 0 N–H and O–H groups in total. The molecule has 0 unspecified atom stereocenters. The number of benzene rings is 1. The molecule has 0 radical (unpaired) electrons. The molecule has 4 aromatic rings. The molecule has 0 bridgehead atoms. The van der Waals surface area contributed by atoms with Crippen molar-refractivity contribution in [3.05, 3.63) is 41.6 Å². The highest BCUT2D eigenvalue weighted by molar-refractivity contribution is 7.98. The highest BCUT2D eigenvalue weighted by Gasteiger charge is 2.30. The van der Waals surface area contributed by atoms with Crippen molar-refractivity contribution >= 4 is 23.1 Å². The van der Waals surface area contributed by atoms with Gasteiger partial charge in [0.15, 0.2) is 11.0 Å². The van der Waals surface area contributed by atoms with E-state index < -0.39 is 0 Å². The molecular weight excluding hydrogens is 422 g/mol. The third-order valence-electron chi connectivity index (χ3n) is 4.76. The lowest BCUT2D eigenvalue weighted by Gasteiger charge is -2.07. The van der Waals surface area contributed by atoms with Gasteiger partial charge < -0.3 is 14.0 Å². The molecule has 1 aliphatic carbocycles. The number of hydrogen-bond donors (Lipinski definition) is 0. The fourth-order valence-corrected chi connectivity index (χ4v) is 4.69. The first-order valence-corrected chi connectivity index (χ1v) is 11.3. The molecule has 5 rings (SSSR count). The van der Waals surface area contributed by atoms with E-state index in [4.69, 9.17) is 14.0 Å². The first-order chi connectivity index (χ1) is 14.8. The quantitative estimate of drug-likeness (QED) is 0.364. The Labute approximate surface area is 181 Å². The Morgan fingerprint density at radius 3 is 2.83 bits per heavy atom. The van der Waals surface area contributed by atoms with Crippen LogP contribution in [0.3, 0.4) is 0 Å². The molecule has 0 spiro atoms. The van der Waals surface area contributed by atoms with Crippen molar-refractivity contribution in [2.24, 2.45) is 0 Å². The molecule has 154 valence electrons. The third kappa shape index (κ3) is 3.68. The van der Waals surface area contributed by atoms with Crippen molar-refractivity contribution in [2.45, 2.75) is 29.8 Å². The van der Waals surface area contributed by atoms with Crippen LogP contribution in [0.1, 0.15) is 24.8 Å². The number of methoxy groups -OCH3 is 2. The van der Waals surface area contributed by atoms with Gasteiger partial charge in [-0.05, 0) is 36.4 Å². The summed E-state index contributed by atoms with van der Waals surface area (Å²) in [5.41, 5.74) is 0.749. The fraction of sp³-hybridized carbons (Fsp3) is 0.300. The summed E-state index contributed by atoms with van der Waals surface area (Å²) in [7, 11) is 3.22. The minimum absolute atomic E-state index is 0.474. The molecule has 0 atom stereocenters. The zero-order valence-corrected chi connectivity index (χ0v) is 18.1. The molecule has 1 aromatic carbocycles. The fourth-order valence-electron chi connectivity index (χ4n) is 3.14. The van der Waals surface area contributed by atoms with Crippen molar-refractivity contribution in [2.75, 3.05) is 14.2 Å². The molecule has 3 heterocycles. The van der Waals surface area contributed by atoms with Crippen LogP contribution in [0.4, 0.5) is 0 Å². The molecule has 0 saturated heterocycles. The minimum atomic E-state index is 0.474. The van der Waals surface area contributed by atoms with Crippen molar-refractivity contribution in [1.82, 2.24) is 24.9 Å². The number of thioether (sulfide) groups is 1. The van der Waals surface area contributed by atoms with Gasteiger partial charge in [0.1, 0.15) is 11.5 Å². The van der Waals surface area contributed by atoms with Crippen LogP contribution >= 0.6 is 23.1 Å². The minimum Gasteiger partial charge on any atom is -0.497 e. The van der Waals surface area contributed by atoms with Crippen LogP contribution in [0.25, 0.3) is 22.1 Å². The lowest BCUT2D eigenvalue weighted by atomic mass is 10.2. The summed E-state index contributed by atoms with van der Waals surface area (Å²) in [6, 6.07) is 10.1. The Morgan fingerprint density at radius 1 is 1.20 bits per heavy atom. The smallest absolute Gasteiger partial charge is 0.237 e. The summed E-state index contributed by atoms with van der Waals surface area (Å²) in [4.78, 5) is 5.66. The van der Waals surface area contributed by atoms with Crippen molar-refractivity contribution in [1.29, 1.82) is 0 Å². The van der Waals surface area contributed by atoms with Gasteiger partial charge in [0.25, 0.3) is 0 Å². The van der Waals surface area contributed by atoms with Gasteiger partial charge >= 0.3 is 0 Å². The average Bonchev–Trinajstić information content (AvgIpc) is 3.17. The van der Waals surface area contributed by atoms with Gasteiger partial charge in [-0.3, -0.25) is 4.57 Å². The van der Waals surface area contributed by atoms with Gasteiger partial charge in [0, 0.05) is 12.1 Å². The second-order valence-corrected chi connectivity index (χ2v) is 8.64. The summed E-state index contributed by atoms with van der Waals surface area (Å²) < 4.78 is 18.4. The number of thiophene rings is 1. The van der Waals surface area contributed by atoms with Crippen LogP contribution in [0, 0.1) is 0 Å². The molecule has 0 aliphatic heterocycles. The standard InChI is InChI=1S/C20H19N5O3S2/c1-26-13-7-8-14(15(10-13)27-2)18-21-17(28-24-18)11-30-20-23-22-19(16-4-3-9-29-16)25(20)12-5-6-12/h3-4,7-10,12H,5-6,11H2,1-2H3. The van der Waals surface area contributed by atoms with Crippen LogP contribution in [0.15, 0.2) is 45.4 Å². The summed E-state index contributed by atoms with van der Waals surface area (Å²) in [5.74, 6) is 3.79. The normalized spacial score (nSPS) is 13.5. The maximum atomic E-state index is 5.47. The molecule has 1 aliphatic rings. The van der Waals surface area contributed by atoms with Gasteiger partial charge in [0.05, 0.1) is 30.4 Å². The van der Waals surface area contributed by atoms with Crippen LogP contribution < -0.4 is 9.47 Å². The summed E-state index contributed by atoms with van der Waals surface area (Å²) in [5, 5.41) is 15.9. The predicted octanol–water partition coefficient (Wildman–Crippen LogP) is 4.70. The molecule has 8 nitrogen and oxygen atoms in total. The highest BCUT2D eigenvalue weighted by Crippen LogP contribution is 2.42. The number of rotatable bonds is 8. The van der Waals surface area contributed by atoms with E-state index >= 15 is 0 Å². The average molecular weight is 442 g/mol. The van der Waals surface area contributed by atoms with Crippen LogP contribution in [-0.4, -0.2) is 39.1 Å². The van der Waals surface area contributed by atoms with E-state index in [1.807, 2.05) is 18.2 Å². The van der Waals surface area contributed by atoms with Gasteiger partial charge in [-0.1, -0.05) is 23.0 Å². The Kier molecular flexibility index (Phi) is 5.17. The molecule has 30 heavy (non-hydrogen) atoms. The molecule has 10 heteroatoms. The van der Waals surface area contributed by atoms with Gasteiger partial charge in [-0.2, -0.15) is 4.98 Å². The van der Waals surface area contributed by atoms with E-state index in [0.29, 0.717) is 35.0 Å². The molecule has 1 saturated carbocycles. The third-order valence-corrected chi connectivity index (χ3v) is 6.55. The van der Waals surface area contributed by atoms with Gasteiger partial charge in [0.2, 0.25) is 11.7 Å². The van der Waals surface area contributed by atoms with Crippen LogP contribution in [-0.2, 0) is 5.75 Å². The van der Waals surface area contributed by atoms with E-state index in [1.54, 1.807) is 43.4 Å². The first kappa shape index (κ1) is 19.1. The number of ether oxygens (including phenoxy) is 2.